The van der Waals surface area contributed by atoms with Crippen LogP contribution in [0, 0.1) is 11.6 Å². The molecule has 330 valence electrons. The lowest BCUT2D eigenvalue weighted by Gasteiger charge is -2.39. The van der Waals surface area contributed by atoms with Gasteiger partial charge in [0.1, 0.15) is 29.7 Å². The van der Waals surface area contributed by atoms with Crippen molar-refractivity contribution in [2.75, 3.05) is 92.3 Å². The molecule has 5 aromatic rings. The molecule has 0 radical (unpaired) electrons. The average Bonchev–Trinajstić information content (AvgIpc) is 3.72. The molecule has 3 aliphatic heterocycles. The van der Waals surface area contributed by atoms with Crippen LogP contribution in [0.2, 0.25) is 0 Å². The number of aromatic nitrogens is 4. The molecule has 1 atom stereocenters. The molecule has 0 bridgehead atoms. The molecule has 3 aromatic heterocycles. The van der Waals surface area contributed by atoms with Crippen molar-refractivity contribution in [2.45, 2.75) is 25.8 Å². The maximum Gasteiger partial charge on any atom is 0.301 e. The molecule has 0 spiro atoms. The summed E-state index contributed by atoms with van der Waals surface area (Å²) in [5, 5.41) is 5.84. The predicted molar refractivity (Wildman–Crippen MR) is 231 cm³/mol. The van der Waals surface area contributed by atoms with Crippen molar-refractivity contribution in [1.82, 2.24) is 39.4 Å². The lowest BCUT2D eigenvalue weighted by molar-refractivity contribution is -0.134. The number of carbonyl (C=O) groups excluding carboxylic acids is 4. The van der Waals surface area contributed by atoms with Crippen LogP contribution in [0.3, 0.4) is 0 Å². The maximum atomic E-state index is 15.7. The van der Waals surface area contributed by atoms with Crippen LogP contribution in [0.15, 0.2) is 67.4 Å². The molecular formula is C42H46F2N12O6S. The zero-order valence-electron chi connectivity index (χ0n) is 34.6. The number of H-pyrrole nitrogens is 1. The molecule has 6 heterocycles. The molecule has 18 nitrogen and oxygen atoms in total. The minimum atomic E-state index is -4.17. The first kappa shape index (κ1) is 43.1. The Kier molecular flexibility index (Phi) is 12.3. The molecule has 2 aromatic carbocycles. The topological polar surface area (TPSA) is 209 Å². The van der Waals surface area contributed by atoms with Crippen molar-refractivity contribution >= 4 is 67.6 Å². The van der Waals surface area contributed by atoms with Gasteiger partial charge in [0.25, 0.3) is 0 Å². The zero-order valence-corrected chi connectivity index (χ0v) is 35.4. The largest absolute Gasteiger partial charge is 0.374 e. The second-order valence-corrected chi connectivity index (χ2v) is 17.3. The van der Waals surface area contributed by atoms with E-state index in [1.165, 1.54) is 19.6 Å². The highest BCUT2D eigenvalue weighted by Gasteiger charge is 2.30. The van der Waals surface area contributed by atoms with Crippen LogP contribution in [-0.2, 0) is 24.6 Å². The molecule has 4 N–H and O–H groups in total. The Balaban J connectivity index is 0.881. The molecule has 0 aliphatic carbocycles. The second kappa shape index (κ2) is 18.0. The number of imide groups is 1. The summed E-state index contributed by atoms with van der Waals surface area (Å²) in [4.78, 5) is 75.3. The predicted octanol–water partition coefficient (Wildman–Crippen LogP) is 2.83. The van der Waals surface area contributed by atoms with Crippen LogP contribution in [0.25, 0.3) is 22.2 Å². The van der Waals surface area contributed by atoms with E-state index in [4.69, 9.17) is 0 Å². The highest BCUT2D eigenvalue weighted by atomic mass is 32.2. The SMILES string of the molecule is CCN(C)S(=O)(=O)Nc1ccc(F)c(C(=O)c2c[nH]c3ncc(-c4cncnc4N4CCN(C(=O)CN5CCN(c6ccc(NC7CCC(=O)NC7=O)cc6)CC5)CC4)cc23)c1F. The number of piperidine rings is 1. The number of benzene rings is 2. The number of pyridine rings is 1. The van der Waals surface area contributed by atoms with Crippen molar-refractivity contribution in [3.05, 3.63) is 90.1 Å². The van der Waals surface area contributed by atoms with E-state index in [1.54, 1.807) is 25.4 Å². The van der Waals surface area contributed by atoms with E-state index in [2.05, 4.69) is 45.1 Å². The monoisotopic (exact) mass is 884 g/mol. The van der Waals surface area contributed by atoms with Crippen molar-refractivity contribution < 1.29 is 36.4 Å². The molecular weight excluding hydrogens is 839 g/mol. The Morgan fingerprint density at radius 1 is 0.937 bits per heavy atom. The molecule has 3 saturated heterocycles. The van der Waals surface area contributed by atoms with Crippen LogP contribution >= 0.6 is 0 Å². The third-order valence-corrected chi connectivity index (χ3v) is 13.2. The Morgan fingerprint density at radius 2 is 1.67 bits per heavy atom. The minimum Gasteiger partial charge on any atom is -0.374 e. The van der Waals surface area contributed by atoms with Gasteiger partial charge in [0, 0.05) is 124 Å². The van der Waals surface area contributed by atoms with Gasteiger partial charge >= 0.3 is 10.2 Å². The lowest BCUT2D eigenvalue weighted by Crippen LogP contribution is -2.54. The molecule has 3 fully saturated rings. The fourth-order valence-electron chi connectivity index (χ4n) is 7.90. The Hall–Kier alpha value is -6.58. The van der Waals surface area contributed by atoms with Gasteiger partial charge in [-0.05, 0) is 48.9 Å². The van der Waals surface area contributed by atoms with Crippen molar-refractivity contribution in [2.24, 2.45) is 0 Å². The second-order valence-electron chi connectivity index (χ2n) is 15.5. The molecule has 1 unspecified atom stereocenters. The van der Waals surface area contributed by atoms with E-state index in [1.807, 2.05) is 34.1 Å². The summed E-state index contributed by atoms with van der Waals surface area (Å²) in [7, 11) is -2.88. The first-order valence-electron chi connectivity index (χ1n) is 20.5. The van der Waals surface area contributed by atoms with E-state index in [9.17, 15) is 27.6 Å². The first-order chi connectivity index (χ1) is 30.3. The quantitative estimate of drug-likeness (QED) is 0.0993. The number of ketones is 1. The summed E-state index contributed by atoms with van der Waals surface area (Å²) in [5.41, 5.74) is 1.68. The van der Waals surface area contributed by atoms with Gasteiger partial charge in [-0.3, -0.25) is 34.1 Å². The summed E-state index contributed by atoms with van der Waals surface area (Å²) in [6.07, 6.45) is 6.67. The van der Waals surface area contributed by atoms with Gasteiger partial charge in [-0.2, -0.15) is 12.7 Å². The number of hydrogen-bond acceptors (Lipinski definition) is 13. The van der Waals surface area contributed by atoms with Gasteiger partial charge < -0.3 is 25.0 Å². The van der Waals surface area contributed by atoms with Gasteiger partial charge in [0.05, 0.1) is 17.8 Å². The highest BCUT2D eigenvalue weighted by molar-refractivity contribution is 7.90. The third kappa shape index (κ3) is 9.16. The van der Waals surface area contributed by atoms with Crippen molar-refractivity contribution in [1.29, 1.82) is 0 Å². The van der Waals surface area contributed by atoms with Crippen LogP contribution in [-0.4, -0.2) is 145 Å². The van der Waals surface area contributed by atoms with Gasteiger partial charge in [-0.15, -0.1) is 0 Å². The van der Waals surface area contributed by atoms with Gasteiger partial charge in [-0.1, -0.05) is 6.92 Å². The standard InChI is InChI=1S/C42H46F2N12O6S/c1-3-52(2)63(61,62)51-33-9-8-32(43)37(38(33)44)39(59)31-23-47-40-29(31)20-26(21-46-40)30-22-45-25-48-41(30)56-18-16-55(17-19-56)36(58)24-53-12-14-54(15-13-53)28-6-4-27(5-7-28)49-34-10-11-35(57)50-42(34)60/h4-9,20-23,25,34,49,51H,3,10-19,24H2,1-2H3,(H,46,47)(H,50,57,60). The number of fused-ring (bicyclic) bond motifs is 1. The van der Waals surface area contributed by atoms with Crippen molar-refractivity contribution in [3.63, 3.8) is 0 Å². The number of carbonyl (C=O) groups is 4. The Bertz CT molecular complexity index is 2670. The number of piperazine rings is 2. The van der Waals surface area contributed by atoms with Crippen LogP contribution in [0.5, 0.6) is 0 Å². The van der Waals surface area contributed by atoms with E-state index in [0.29, 0.717) is 75.6 Å². The molecule has 0 saturated carbocycles. The third-order valence-electron chi connectivity index (χ3n) is 11.7. The van der Waals surface area contributed by atoms with Crippen LogP contribution < -0.4 is 25.2 Å². The molecule has 3 amide bonds. The zero-order chi connectivity index (χ0) is 44.4. The fourth-order valence-corrected chi connectivity index (χ4v) is 8.83. The summed E-state index contributed by atoms with van der Waals surface area (Å²) in [6.45, 7) is 6.84. The number of hydrogen-bond donors (Lipinski definition) is 4. The molecule has 8 rings (SSSR count). The lowest BCUT2D eigenvalue weighted by atomic mass is 10.00. The maximum absolute atomic E-state index is 15.7. The number of rotatable bonds is 13. The summed E-state index contributed by atoms with van der Waals surface area (Å²) < 4.78 is 59.1. The summed E-state index contributed by atoms with van der Waals surface area (Å²) in [5.74, 6) is -3.47. The number of aromatic amines is 1. The highest BCUT2D eigenvalue weighted by Crippen LogP contribution is 2.33. The Morgan fingerprint density at radius 3 is 2.38 bits per heavy atom. The van der Waals surface area contributed by atoms with E-state index in [0.717, 1.165) is 40.9 Å². The van der Waals surface area contributed by atoms with Crippen LogP contribution in [0.1, 0.15) is 35.7 Å². The van der Waals surface area contributed by atoms with Crippen molar-refractivity contribution in [3.8, 4) is 11.1 Å². The Labute approximate surface area is 361 Å². The molecule has 63 heavy (non-hydrogen) atoms. The molecule has 3 aliphatic rings. The number of nitrogens with one attached hydrogen (secondary N) is 4. The van der Waals surface area contributed by atoms with E-state index < -0.39 is 44.9 Å². The minimum absolute atomic E-state index is 0.0401. The van der Waals surface area contributed by atoms with Gasteiger partial charge in [0.15, 0.2) is 5.82 Å². The number of nitrogens with zero attached hydrogens (tertiary/aromatic N) is 8. The summed E-state index contributed by atoms with van der Waals surface area (Å²) >= 11 is 0. The number of anilines is 4. The molecule has 21 heteroatoms. The van der Waals surface area contributed by atoms with Gasteiger partial charge in [0.2, 0.25) is 23.5 Å². The van der Waals surface area contributed by atoms with E-state index >= 15 is 8.78 Å². The fraction of sp³-hybridized carbons (Fsp3) is 0.357. The van der Waals surface area contributed by atoms with E-state index in [-0.39, 0.29) is 40.9 Å². The van der Waals surface area contributed by atoms with Gasteiger partial charge in [-0.25, -0.2) is 23.7 Å². The smallest absolute Gasteiger partial charge is 0.301 e. The number of halogens is 2. The average molecular weight is 885 g/mol. The summed E-state index contributed by atoms with van der Waals surface area (Å²) in [6, 6.07) is 10.8. The van der Waals surface area contributed by atoms with Crippen LogP contribution in [0.4, 0.5) is 31.7 Å². The normalized spacial score (nSPS) is 17.6. The first-order valence-corrected chi connectivity index (χ1v) is 22.0. The number of amides is 3.